The summed E-state index contributed by atoms with van der Waals surface area (Å²) in [6, 6.07) is 9.78. The van der Waals surface area contributed by atoms with Crippen LogP contribution in [0.15, 0.2) is 36.5 Å². The van der Waals surface area contributed by atoms with E-state index in [0.29, 0.717) is 6.54 Å². The molecule has 0 spiro atoms. The third-order valence-electron chi connectivity index (χ3n) is 2.30. The summed E-state index contributed by atoms with van der Waals surface area (Å²) in [5.74, 6) is -0.0360. The molecule has 2 aromatic rings. The molecule has 5 heteroatoms. The van der Waals surface area contributed by atoms with E-state index in [0.717, 1.165) is 10.9 Å². The summed E-state index contributed by atoms with van der Waals surface area (Å²) < 4.78 is 23.5. The van der Waals surface area contributed by atoms with Crippen LogP contribution in [-0.2, 0) is 16.6 Å². The van der Waals surface area contributed by atoms with Crippen LogP contribution in [-0.4, -0.2) is 18.7 Å². The minimum Gasteiger partial charge on any atom is -0.346 e. The molecule has 0 saturated heterocycles. The number of nitrogens with two attached hydrogens (primary N) is 1. The first-order valence-corrected chi connectivity index (χ1v) is 6.32. The molecule has 0 fully saturated rings. The number of fused-ring (bicyclic) bond motifs is 1. The zero-order chi connectivity index (χ0) is 10.9. The fraction of sp³-hybridized carbons (Fsp3) is 0.200. The van der Waals surface area contributed by atoms with Crippen LogP contribution in [0.2, 0.25) is 0 Å². The number of rotatable bonds is 3. The van der Waals surface area contributed by atoms with Gasteiger partial charge in [-0.2, -0.15) is 0 Å². The van der Waals surface area contributed by atoms with E-state index in [1.807, 2.05) is 41.1 Å². The fourth-order valence-corrected chi connectivity index (χ4v) is 2.01. The van der Waals surface area contributed by atoms with Gasteiger partial charge in [0.05, 0.1) is 5.75 Å². The van der Waals surface area contributed by atoms with Gasteiger partial charge in [0.15, 0.2) is 0 Å². The van der Waals surface area contributed by atoms with E-state index in [2.05, 4.69) is 0 Å². The molecular weight excluding hydrogens is 212 g/mol. The summed E-state index contributed by atoms with van der Waals surface area (Å²) in [6.07, 6.45) is 1.87. The lowest BCUT2D eigenvalue weighted by molar-refractivity contribution is 0.592. The van der Waals surface area contributed by atoms with Gasteiger partial charge in [0.1, 0.15) is 0 Å². The average Bonchev–Trinajstić information content (AvgIpc) is 2.57. The second-order valence-electron chi connectivity index (χ2n) is 3.43. The smallest absolute Gasteiger partial charge is 0.210 e. The molecule has 0 saturated carbocycles. The van der Waals surface area contributed by atoms with Crippen LogP contribution in [0, 0.1) is 0 Å². The van der Waals surface area contributed by atoms with Crippen molar-refractivity contribution in [2.45, 2.75) is 6.54 Å². The normalized spacial score (nSPS) is 12.1. The van der Waals surface area contributed by atoms with Gasteiger partial charge in [0, 0.05) is 18.3 Å². The Kier molecular flexibility index (Phi) is 2.50. The van der Waals surface area contributed by atoms with Crippen molar-refractivity contribution in [3.8, 4) is 0 Å². The molecule has 0 radical (unpaired) electrons. The second-order valence-corrected chi connectivity index (χ2v) is 5.17. The Bertz CT molecular complexity index is 572. The molecule has 0 aliphatic carbocycles. The maximum Gasteiger partial charge on any atom is 0.210 e. The molecule has 15 heavy (non-hydrogen) atoms. The van der Waals surface area contributed by atoms with Gasteiger partial charge in [0.2, 0.25) is 10.0 Å². The maximum atomic E-state index is 10.8. The summed E-state index contributed by atoms with van der Waals surface area (Å²) in [4.78, 5) is 0. The van der Waals surface area contributed by atoms with Crippen molar-refractivity contribution >= 4 is 20.9 Å². The van der Waals surface area contributed by atoms with E-state index < -0.39 is 10.0 Å². The van der Waals surface area contributed by atoms with Crippen LogP contribution in [0.5, 0.6) is 0 Å². The summed E-state index contributed by atoms with van der Waals surface area (Å²) >= 11 is 0. The molecule has 4 nitrogen and oxygen atoms in total. The van der Waals surface area contributed by atoms with Crippen molar-refractivity contribution in [2.24, 2.45) is 5.14 Å². The summed E-state index contributed by atoms with van der Waals surface area (Å²) in [5.41, 5.74) is 1.03. The summed E-state index contributed by atoms with van der Waals surface area (Å²) in [5, 5.41) is 6.06. The van der Waals surface area contributed by atoms with E-state index in [-0.39, 0.29) is 5.75 Å². The molecule has 0 amide bonds. The predicted octanol–water partition coefficient (Wildman–Crippen LogP) is 0.930. The van der Waals surface area contributed by atoms with Crippen molar-refractivity contribution < 1.29 is 8.42 Å². The molecule has 2 rings (SSSR count). The molecule has 1 aromatic carbocycles. The largest absolute Gasteiger partial charge is 0.346 e. The van der Waals surface area contributed by atoms with Crippen LogP contribution >= 0.6 is 0 Å². The standard InChI is InChI=1S/C10H12N2O2S/c11-15(13,14)8-7-12-6-5-9-3-1-2-4-10(9)12/h1-6H,7-8H2,(H2,11,13,14). The van der Waals surface area contributed by atoms with Gasteiger partial charge in [-0.25, -0.2) is 13.6 Å². The first-order valence-electron chi connectivity index (χ1n) is 4.61. The van der Waals surface area contributed by atoms with Crippen LogP contribution in [0.4, 0.5) is 0 Å². The molecule has 0 aliphatic heterocycles. The van der Waals surface area contributed by atoms with Gasteiger partial charge in [-0.05, 0) is 17.5 Å². The van der Waals surface area contributed by atoms with E-state index >= 15 is 0 Å². The topological polar surface area (TPSA) is 65.1 Å². The van der Waals surface area contributed by atoms with Crippen LogP contribution in [0.25, 0.3) is 10.9 Å². The SMILES string of the molecule is NS(=O)(=O)CCn1ccc2ccccc21. The number of aromatic nitrogens is 1. The van der Waals surface area contributed by atoms with Crippen molar-refractivity contribution in [1.82, 2.24) is 4.57 Å². The summed E-state index contributed by atoms with van der Waals surface area (Å²) in [7, 11) is -3.39. The predicted molar refractivity (Wildman–Crippen MR) is 59.9 cm³/mol. The van der Waals surface area contributed by atoms with Crippen LogP contribution in [0.3, 0.4) is 0 Å². The lowest BCUT2D eigenvalue weighted by Gasteiger charge is -2.03. The maximum absolute atomic E-state index is 10.8. The van der Waals surface area contributed by atoms with Gasteiger partial charge >= 0.3 is 0 Å². The van der Waals surface area contributed by atoms with Crippen LogP contribution < -0.4 is 5.14 Å². The molecule has 80 valence electrons. The molecule has 0 bridgehead atoms. The molecule has 0 atom stereocenters. The van der Waals surface area contributed by atoms with Gasteiger partial charge < -0.3 is 4.57 Å². The van der Waals surface area contributed by atoms with E-state index in [1.54, 1.807) is 0 Å². The zero-order valence-corrected chi connectivity index (χ0v) is 8.94. The first kappa shape index (κ1) is 10.2. The Balaban J connectivity index is 2.29. The minimum absolute atomic E-state index is 0.0360. The third kappa shape index (κ3) is 2.37. The van der Waals surface area contributed by atoms with Gasteiger partial charge in [-0.1, -0.05) is 18.2 Å². The first-order chi connectivity index (χ1) is 7.06. The van der Waals surface area contributed by atoms with E-state index in [1.165, 1.54) is 0 Å². The van der Waals surface area contributed by atoms with E-state index in [4.69, 9.17) is 5.14 Å². The van der Waals surface area contributed by atoms with Gasteiger partial charge in [0.25, 0.3) is 0 Å². The molecule has 1 heterocycles. The number of primary sulfonamides is 1. The Labute approximate surface area is 88.4 Å². The molecular formula is C10H12N2O2S. The number of para-hydroxylation sites is 1. The minimum atomic E-state index is -3.39. The van der Waals surface area contributed by atoms with Crippen molar-refractivity contribution in [3.05, 3.63) is 36.5 Å². The van der Waals surface area contributed by atoms with E-state index in [9.17, 15) is 8.42 Å². The highest BCUT2D eigenvalue weighted by atomic mass is 32.2. The second kappa shape index (κ2) is 3.67. The lowest BCUT2D eigenvalue weighted by Crippen LogP contribution is -2.20. The Hall–Kier alpha value is -1.33. The summed E-state index contributed by atoms with van der Waals surface area (Å²) in [6.45, 7) is 0.395. The van der Waals surface area contributed by atoms with Gasteiger partial charge in [-0.15, -0.1) is 0 Å². The number of sulfonamides is 1. The Morgan fingerprint density at radius 3 is 2.67 bits per heavy atom. The third-order valence-corrected chi connectivity index (χ3v) is 3.05. The monoisotopic (exact) mass is 224 g/mol. The fourth-order valence-electron chi connectivity index (χ4n) is 1.56. The highest BCUT2D eigenvalue weighted by Crippen LogP contribution is 2.14. The molecule has 2 N–H and O–H groups in total. The zero-order valence-electron chi connectivity index (χ0n) is 8.13. The number of nitrogens with zero attached hydrogens (tertiary/aromatic N) is 1. The van der Waals surface area contributed by atoms with Crippen LogP contribution in [0.1, 0.15) is 0 Å². The molecule has 0 unspecified atom stereocenters. The molecule has 1 aromatic heterocycles. The number of aryl methyl sites for hydroxylation is 1. The Morgan fingerprint density at radius 2 is 1.93 bits per heavy atom. The Morgan fingerprint density at radius 1 is 1.20 bits per heavy atom. The number of hydrogen-bond donors (Lipinski definition) is 1. The van der Waals surface area contributed by atoms with Crippen molar-refractivity contribution in [1.29, 1.82) is 0 Å². The average molecular weight is 224 g/mol. The highest BCUT2D eigenvalue weighted by Gasteiger charge is 2.04. The number of benzene rings is 1. The quantitative estimate of drug-likeness (QED) is 0.842. The lowest BCUT2D eigenvalue weighted by atomic mass is 10.2. The van der Waals surface area contributed by atoms with Gasteiger partial charge in [-0.3, -0.25) is 0 Å². The highest BCUT2D eigenvalue weighted by molar-refractivity contribution is 7.89. The number of hydrogen-bond acceptors (Lipinski definition) is 2. The van der Waals surface area contributed by atoms with Crippen molar-refractivity contribution in [3.63, 3.8) is 0 Å². The van der Waals surface area contributed by atoms with Crippen molar-refractivity contribution in [2.75, 3.05) is 5.75 Å². The molecule has 0 aliphatic rings.